The zero-order chi connectivity index (χ0) is 21.8. The van der Waals surface area contributed by atoms with Crippen LogP contribution < -0.4 is 14.8 Å². The van der Waals surface area contributed by atoms with Gasteiger partial charge in [0.15, 0.2) is 0 Å². The van der Waals surface area contributed by atoms with E-state index in [0.29, 0.717) is 5.69 Å². The van der Waals surface area contributed by atoms with Gasteiger partial charge in [-0.2, -0.15) is 0 Å². The molecule has 9 heteroatoms. The van der Waals surface area contributed by atoms with Gasteiger partial charge in [-0.15, -0.1) is 0 Å². The molecule has 2 N–H and O–H groups in total. The van der Waals surface area contributed by atoms with Gasteiger partial charge in [0.2, 0.25) is 15.9 Å². The number of nitrogens with one attached hydrogen (secondary N) is 2. The first-order chi connectivity index (χ1) is 13.6. The Morgan fingerprint density at radius 1 is 1.10 bits per heavy atom. The lowest BCUT2D eigenvalue weighted by molar-refractivity contribution is -0.116. The summed E-state index contributed by atoms with van der Waals surface area (Å²) < 4.78 is 31.7. The molecule has 0 aliphatic carbocycles. The van der Waals surface area contributed by atoms with Gasteiger partial charge in [0.05, 0.1) is 13.7 Å². The van der Waals surface area contributed by atoms with Crippen LogP contribution in [0.2, 0.25) is 0 Å². The second kappa shape index (κ2) is 9.06. The van der Waals surface area contributed by atoms with E-state index in [2.05, 4.69) is 10.0 Å². The van der Waals surface area contributed by atoms with Crippen molar-refractivity contribution in [2.75, 3.05) is 33.1 Å². The number of nitrogens with zero attached hydrogens (tertiary/aromatic N) is 1. The summed E-state index contributed by atoms with van der Waals surface area (Å²) in [7, 11) is 0.268. The molecule has 156 valence electrons. The number of para-hydroxylation sites is 1. The maximum atomic E-state index is 12.7. The fourth-order valence-corrected chi connectivity index (χ4v) is 3.75. The maximum Gasteiger partial charge on any atom is 0.254 e. The van der Waals surface area contributed by atoms with Gasteiger partial charge in [-0.05, 0) is 50.2 Å². The highest BCUT2D eigenvalue weighted by molar-refractivity contribution is 7.89. The van der Waals surface area contributed by atoms with E-state index in [1.165, 1.54) is 44.3 Å². The Morgan fingerprint density at radius 2 is 1.72 bits per heavy atom. The lowest BCUT2D eigenvalue weighted by Crippen LogP contribution is -2.35. The quantitative estimate of drug-likeness (QED) is 0.714. The molecule has 0 bridgehead atoms. The highest BCUT2D eigenvalue weighted by Gasteiger charge is 2.22. The van der Waals surface area contributed by atoms with Gasteiger partial charge in [-0.25, -0.2) is 13.1 Å². The van der Waals surface area contributed by atoms with Crippen LogP contribution in [0.5, 0.6) is 5.75 Å². The first kappa shape index (κ1) is 22.4. The Hall–Kier alpha value is -2.91. The minimum atomic E-state index is -3.82. The summed E-state index contributed by atoms with van der Waals surface area (Å²) in [5.74, 6) is -0.724. The topological polar surface area (TPSA) is 105 Å². The third-order valence-corrected chi connectivity index (χ3v) is 5.88. The number of likely N-dealkylation sites (N-methyl/N-ethyl adjacent to an activating group) is 1. The number of methoxy groups -OCH3 is 1. The van der Waals surface area contributed by atoms with E-state index in [9.17, 15) is 18.0 Å². The molecule has 0 fully saturated rings. The van der Waals surface area contributed by atoms with E-state index in [0.717, 1.165) is 11.1 Å². The standard InChI is InChI=1S/C20H25N3O5S/c1-13-7-6-8-14(2)19(13)22-18(24)12-23(4)20(25)15-9-10-16(28-5)17(11-15)29(26,27)21-3/h6-11,21H,12H2,1-5H3,(H,22,24). The smallest absolute Gasteiger partial charge is 0.254 e. The number of hydrogen-bond donors (Lipinski definition) is 2. The third-order valence-electron chi connectivity index (χ3n) is 4.44. The predicted octanol–water partition coefficient (Wildman–Crippen LogP) is 1.93. The first-order valence-corrected chi connectivity index (χ1v) is 10.3. The van der Waals surface area contributed by atoms with Crippen molar-refractivity contribution in [3.63, 3.8) is 0 Å². The molecule has 29 heavy (non-hydrogen) atoms. The van der Waals surface area contributed by atoms with Crippen LogP contribution in [-0.2, 0) is 14.8 Å². The second-order valence-corrected chi connectivity index (χ2v) is 8.40. The number of carbonyl (C=O) groups excluding carboxylic acids is 2. The second-order valence-electron chi connectivity index (χ2n) is 6.55. The van der Waals surface area contributed by atoms with Gasteiger partial charge >= 0.3 is 0 Å². The van der Waals surface area contributed by atoms with Crippen molar-refractivity contribution in [2.24, 2.45) is 0 Å². The molecule has 8 nitrogen and oxygen atoms in total. The molecular weight excluding hydrogens is 394 g/mol. The van der Waals surface area contributed by atoms with Crippen LogP contribution in [0, 0.1) is 13.8 Å². The molecule has 0 unspecified atom stereocenters. The van der Waals surface area contributed by atoms with Gasteiger partial charge in [-0.3, -0.25) is 9.59 Å². The zero-order valence-corrected chi connectivity index (χ0v) is 17.9. The van der Waals surface area contributed by atoms with Gasteiger partial charge in [0, 0.05) is 18.3 Å². The molecule has 0 saturated carbocycles. The van der Waals surface area contributed by atoms with Crippen LogP contribution in [0.15, 0.2) is 41.3 Å². The van der Waals surface area contributed by atoms with Crippen LogP contribution >= 0.6 is 0 Å². The Kier molecular flexibility index (Phi) is 6.99. The Balaban J connectivity index is 2.20. The molecule has 0 radical (unpaired) electrons. The molecular formula is C20H25N3O5S. The largest absolute Gasteiger partial charge is 0.495 e. The van der Waals surface area contributed by atoms with Crippen molar-refractivity contribution in [1.29, 1.82) is 0 Å². The molecule has 0 saturated heterocycles. The van der Waals surface area contributed by atoms with Gasteiger partial charge in [-0.1, -0.05) is 18.2 Å². The molecule has 0 heterocycles. The number of sulfonamides is 1. The van der Waals surface area contributed by atoms with E-state index >= 15 is 0 Å². The first-order valence-electron chi connectivity index (χ1n) is 8.83. The molecule has 2 rings (SSSR count). The maximum absolute atomic E-state index is 12.7. The van der Waals surface area contributed by atoms with Crippen LogP contribution in [0.4, 0.5) is 5.69 Å². The summed E-state index contributed by atoms with van der Waals surface area (Å²) in [5.41, 5.74) is 2.68. The van der Waals surface area contributed by atoms with Gasteiger partial charge in [0.25, 0.3) is 5.91 Å². The molecule has 0 aliphatic rings. The van der Waals surface area contributed by atoms with Crippen LogP contribution in [-0.4, -0.2) is 52.9 Å². The average Bonchev–Trinajstić information content (AvgIpc) is 2.69. The van der Waals surface area contributed by atoms with Crippen LogP contribution in [0.25, 0.3) is 0 Å². The summed E-state index contributed by atoms with van der Waals surface area (Å²) in [6.07, 6.45) is 0. The van der Waals surface area contributed by atoms with Crippen molar-refractivity contribution in [3.8, 4) is 5.75 Å². The number of anilines is 1. The molecule has 0 spiro atoms. The molecule has 0 atom stereocenters. The molecule has 2 amide bonds. The normalized spacial score (nSPS) is 11.1. The van der Waals surface area contributed by atoms with Crippen molar-refractivity contribution in [1.82, 2.24) is 9.62 Å². The SMILES string of the molecule is CNS(=O)(=O)c1cc(C(=O)N(C)CC(=O)Nc2c(C)cccc2C)ccc1OC. The number of benzene rings is 2. The highest BCUT2D eigenvalue weighted by atomic mass is 32.2. The van der Waals surface area contributed by atoms with E-state index in [-0.39, 0.29) is 28.7 Å². The lowest BCUT2D eigenvalue weighted by atomic mass is 10.1. The third kappa shape index (κ3) is 5.12. The van der Waals surface area contributed by atoms with Crippen LogP contribution in [0.1, 0.15) is 21.5 Å². The predicted molar refractivity (Wildman–Crippen MR) is 111 cm³/mol. The number of ether oxygens (including phenoxy) is 1. The minimum absolute atomic E-state index is 0.117. The Bertz CT molecular complexity index is 1010. The Morgan fingerprint density at radius 3 is 2.28 bits per heavy atom. The number of aryl methyl sites for hydroxylation is 2. The van der Waals surface area contributed by atoms with Gasteiger partial charge in [0.1, 0.15) is 10.6 Å². The molecule has 0 aliphatic heterocycles. The average molecular weight is 420 g/mol. The monoisotopic (exact) mass is 419 g/mol. The fourth-order valence-electron chi connectivity index (χ4n) is 2.83. The van der Waals surface area contributed by atoms with Crippen molar-refractivity contribution < 1.29 is 22.7 Å². The van der Waals surface area contributed by atoms with Crippen molar-refractivity contribution >= 4 is 27.5 Å². The minimum Gasteiger partial charge on any atom is -0.495 e. The van der Waals surface area contributed by atoms with Crippen molar-refractivity contribution in [3.05, 3.63) is 53.1 Å². The summed E-state index contributed by atoms with van der Waals surface area (Å²) in [4.78, 5) is 26.2. The summed E-state index contributed by atoms with van der Waals surface area (Å²) in [5, 5.41) is 2.82. The number of amides is 2. The van der Waals surface area contributed by atoms with E-state index in [1.807, 2.05) is 32.0 Å². The highest BCUT2D eigenvalue weighted by Crippen LogP contribution is 2.25. The van der Waals surface area contributed by atoms with Crippen molar-refractivity contribution in [2.45, 2.75) is 18.7 Å². The number of rotatable bonds is 7. The van der Waals surface area contributed by atoms with E-state index in [4.69, 9.17) is 4.74 Å². The van der Waals surface area contributed by atoms with E-state index < -0.39 is 15.9 Å². The number of hydrogen-bond acceptors (Lipinski definition) is 5. The molecule has 2 aromatic carbocycles. The zero-order valence-electron chi connectivity index (χ0n) is 17.1. The number of carbonyl (C=O) groups is 2. The summed E-state index contributed by atoms with van der Waals surface area (Å²) in [6, 6.07) is 9.76. The molecule has 2 aromatic rings. The van der Waals surface area contributed by atoms with Crippen LogP contribution in [0.3, 0.4) is 0 Å². The van der Waals surface area contributed by atoms with Gasteiger partial charge < -0.3 is 15.0 Å². The van der Waals surface area contributed by atoms with E-state index in [1.54, 1.807) is 0 Å². The Labute approximate surface area is 170 Å². The fraction of sp³-hybridized carbons (Fsp3) is 0.300. The summed E-state index contributed by atoms with van der Waals surface area (Å²) >= 11 is 0. The molecule has 0 aromatic heterocycles. The lowest BCUT2D eigenvalue weighted by Gasteiger charge is -2.19. The summed E-state index contributed by atoms with van der Waals surface area (Å²) in [6.45, 7) is 3.59.